The summed E-state index contributed by atoms with van der Waals surface area (Å²) >= 11 is 0. The highest BCUT2D eigenvalue weighted by atomic mass is 19.1. The molecule has 198 valence electrons. The number of nitrogens with one attached hydrogen (secondary N) is 1. The molecule has 3 N–H and O–H groups in total. The van der Waals surface area contributed by atoms with Crippen molar-refractivity contribution in [1.29, 1.82) is 0 Å². The fourth-order valence-electron chi connectivity index (χ4n) is 5.47. The lowest BCUT2D eigenvalue weighted by Crippen LogP contribution is -2.48. The van der Waals surface area contributed by atoms with Crippen LogP contribution in [0.5, 0.6) is 5.75 Å². The van der Waals surface area contributed by atoms with Crippen molar-refractivity contribution in [1.82, 2.24) is 15.4 Å². The number of ether oxygens (including phenoxy) is 1. The van der Waals surface area contributed by atoms with Crippen molar-refractivity contribution in [2.45, 2.75) is 51.3 Å². The summed E-state index contributed by atoms with van der Waals surface area (Å²) in [5, 5.41) is 20.0. The molecular formula is C29H36FN3O4. The van der Waals surface area contributed by atoms with E-state index in [1.165, 1.54) is 11.8 Å². The van der Waals surface area contributed by atoms with Crippen LogP contribution in [0.4, 0.5) is 4.39 Å². The number of benzene rings is 2. The van der Waals surface area contributed by atoms with Crippen LogP contribution in [-0.2, 0) is 17.8 Å². The molecule has 37 heavy (non-hydrogen) atoms. The number of halogens is 1. The van der Waals surface area contributed by atoms with E-state index in [2.05, 4.69) is 22.0 Å². The first-order chi connectivity index (χ1) is 18.0. The van der Waals surface area contributed by atoms with Gasteiger partial charge in [0.15, 0.2) is 0 Å². The van der Waals surface area contributed by atoms with Crippen LogP contribution in [0.25, 0.3) is 10.9 Å². The second kappa shape index (κ2) is 12.4. The Labute approximate surface area is 217 Å². The van der Waals surface area contributed by atoms with Gasteiger partial charge in [-0.2, -0.15) is 0 Å². The Morgan fingerprint density at radius 2 is 1.97 bits per heavy atom. The van der Waals surface area contributed by atoms with Crippen molar-refractivity contribution < 1.29 is 24.2 Å². The highest BCUT2D eigenvalue weighted by Gasteiger charge is 2.41. The number of rotatable bonds is 11. The Balaban J connectivity index is 1.43. The molecule has 1 aliphatic heterocycles. The van der Waals surface area contributed by atoms with Crippen LogP contribution in [0, 0.1) is 5.41 Å². The zero-order valence-corrected chi connectivity index (χ0v) is 21.3. The standard InChI is InChI=1S/C29H36FN3O4/c1-37-23-9-10-26-24(18-23)27(22(20-34)19-31-26)25(30)11-12-29(28(35)32-36)13-16-33(17-14-29)15-5-8-21-6-3-2-4-7-21/h2-4,6-7,9-10,18-19,25,34,36H,5,8,11-17,20H2,1H3,(H,32,35)/t25-/m1/s1. The maximum Gasteiger partial charge on any atom is 0.249 e. The number of nitrogens with zero attached hydrogens (tertiary/aromatic N) is 2. The smallest absolute Gasteiger partial charge is 0.249 e. The maximum atomic E-state index is 15.9. The van der Waals surface area contributed by atoms with Crippen molar-refractivity contribution >= 4 is 16.8 Å². The van der Waals surface area contributed by atoms with Gasteiger partial charge in [-0.25, -0.2) is 9.87 Å². The summed E-state index contributed by atoms with van der Waals surface area (Å²) < 4.78 is 21.2. The molecule has 1 aliphatic rings. The largest absolute Gasteiger partial charge is 0.497 e. The third-order valence-corrected chi connectivity index (χ3v) is 7.74. The molecule has 1 fully saturated rings. The van der Waals surface area contributed by atoms with Crippen molar-refractivity contribution in [3.05, 3.63) is 71.4 Å². The van der Waals surface area contributed by atoms with Gasteiger partial charge in [0, 0.05) is 22.7 Å². The number of amides is 1. The van der Waals surface area contributed by atoms with E-state index < -0.39 is 17.5 Å². The number of carbonyl (C=O) groups is 1. The third kappa shape index (κ3) is 6.26. The number of pyridine rings is 1. The lowest BCUT2D eigenvalue weighted by molar-refractivity contribution is -0.143. The van der Waals surface area contributed by atoms with Gasteiger partial charge in [0.1, 0.15) is 11.9 Å². The van der Waals surface area contributed by atoms with Crippen LogP contribution < -0.4 is 10.2 Å². The van der Waals surface area contributed by atoms with E-state index in [-0.39, 0.29) is 19.4 Å². The minimum Gasteiger partial charge on any atom is -0.497 e. The number of hydrogen-bond acceptors (Lipinski definition) is 6. The highest BCUT2D eigenvalue weighted by molar-refractivity contribution is 5.85. The molecule has 1 atom stereocenters. The molecule has 0 bridgehead atoms. The Bertz CT molecular complexity index is 1180. The highest BCUT2D eigenvalue weighted by Crippen LogP contribution is 2.41. The molecule has 4 rings (SSSR count). The number of likely N-dealkylation sites (tertiary alicyclic amines) is 1. The second-order valence-corrected chi connectivity index (χ2v) is 9.90. The van der Waals surface area contributed by atoms with Gasteiger partial charge in [-0.1, -0.05) is 30.3 Å². The van der Waals surface area contributed by atoms with Gasteiger partial charge in [0.25, 0.3) is 0 Å². The van der Waals surface area contributed by atoms with Crippen LogP contribution in [0.1, 0.15) is 55.0 Å². The average molecular weight is 510 g/mol. The minimum absolute atomic E-state index is 0.0880. The first kappa shape index (κ1) is 27.0. The van der Waals surface area contributed by atoms with E-state index in [0.29, 0.717) is 40.6 Å². The van der Waals surface area contributed by atoms with Gasteiger partial charge in [-0.05, 0) is 81.9 Å². The van der Waals surface area contributed by atoms with Gasteiger partial charge < -0.3 is 14.7 Å². The Morgan fingerprint density at radius 3 is 2.65 bits per heavy atom. The molecular weight excluding hydrogens is 473 g/mol. The van der Waals surface area contributed by atoms with Crippen LogP contribution in [0.3, 0.4) is 0 Å². The summed E-state index contributed by atoms with van der Waals surface area (Å²) in [5.41, 5.74) is 3.72. The quantitative estimate of drug-likeness (QED) is 0.255. The van der Waals surface area contributed by atoms with Crippen LogP contribution in [0.15, 0.2) is 54.7 Å². The monoisotopic (exact) mass is 509 g/mol. The molecule has 0 unspecified atom stereocenters. The van der Waals surface area contributed by atoms with E-state index in [9.17, 15) is 15.1 Å². The predicted octanol–water partition coefficient (Wildman–Crippen LogP) is 4.75. The number of piperidine rings is 1. The number of aromatic nitrogens is 1. The Hall–Kier alpha value is -3.07. The number of hydroxylamine groups is 1. The van der Waals surface area contributed by atoms with Crippen molar-refractivity contribution in [3.63, 3.8) is 0 Å². The molecule has 0 spiro atoms. The van der Waals surface area contributed by atoms with E-state index in [1.807, 2.05) is 23.7 Å². The normalized spacial score (nSPS) is 16.4. The summed E-state index contributed by atoms with van der Waals surface area (Å²) in [6.45, 7) is 2.03. The lowest BCUT2D eigenvalue weighted by Gasteiger charge is -2.40. The van der Waals surface area contributed by atoms with E-state index in [4.69, 9.17) is 4.74 Å². The van der Waals surface area contributed by atoms with Gasteiger partial charge in [0.2, 0.25) is 5.91 Å². The van der Waals surface area contributed by atoms with E-state index in [1.54, 1.807) is 25.3 Å². The van der Waals surface area contributed by atoms with Crippen molar-refractivity contribution in [2.75, 3.05) is 26.7 Å². The molecule has 0 aliphatic carbocycles. The zero-order valence-electron chi connectivity index (χ0n) is 21.3. The van der Waals surface area contributed by atoms with Crippen molar-refractivity contribution in [3.8, 4) is 5.75 Å². The van der Waals surface area contributed by atoms with Gasteiger partial charge in [-0.15, -0.1) is 0 Å². The zero-order chi connectivity index (χ0) is 26.3. The Kier molecular flexibility index (Phi) is 9.08. The van der Waals surface area contributed by atoms with Crippen LogP contribution >= 0.6 is 0 Å². The number of aryl methyl sites for hydroxylation is 1. The molecule has 7 nitrogen and oxygen atoms in total. The fourth-order valence-corrected chi connectivity index (χ4v) is 5.47. The maximum absolute atomic E-state index is 15.9. The lowest BCUT2D eigenvalue weighted by atomic mass is 9.73. The molecule has 0 saturated carbocycles. The van der Waals surface area contributed by atoms with E-state index >= 15 is 4.39 Å². The van der Waals surface area contributed by atoms with Crippen LogP contribution in [-0.4, -0.2) is 52.8 Å². The molecule has 2 heterocycles. The summed E-state index contributed by atoms with van der Waals surface area (Å²) in [5.74, 6) is 0.126. The van der Waals surface area contributed by atoms with E-state index in [0.717, 1.165) is 32.5 Å². The average Bonchev–Trinajstić information content (AvgIpc) is 2.95. The SMILES string of the molecule is COc1ccc2ncc(CO)c([C@H](F)CCC3(C(=O)NO)CCN(CCCc4ccccc4)CC3)c2c1. The molecule has 3 aromatic rings. The number of aliphatic hydroxyl groups is 1. The third-order valence-electron chi connectivity index (χ3n) is 7.74. The number of hydrogen-bond donors (Lipinski definition) is 3. The molecule has 8 heteroatoms. The fraction of sp³-hybridized carbons (Fsp3) is 0.448. The predicted molar refractivity (Wildman–Crippen MR) is 140 cm³/mol. The molecule has 1 saturated heterocycles. The molecule has 0 radical (unpaired) electrons. The molecule has 2 aromatic carbocycles. The van der Waals surface area contributed by atoms with Gasteiger partial charge >= 0.3 is 0 Å². The first-order valence-corrected chi connectivity index (χ1v) is 12.9. The first-order valence-electron chi connectivity index (χ1n) is 12.9. The number of methoxy groups -OCH3 is 1. The minimum atomic E-state index is -1.41. The number of carbonyl (C=O) groups excluding carboxylic acids is 1. The number of alkyl halides is 1. The summed E-state index contributed by atoms with van der Waals surface area (Å²) in [6, 6.07) is 15.6. The second-order valence-electron chi connectivity index (χ2n) is 9.90. The van der Waals surface area contributed by atoms with Crippen molar-refractivity contribution in [2.24, 2.45) is 5.41 Å². The van der Waals surface area contributed by atoms with Gasteiger partial charge in [0.05, 0.1) is 24.6 Å². The number of fused-ring (bicyclic) bond motifs is 1. The molecule has 1 amide bonds. The topological polar surface area (TPSA) is 94.9 Å². The summed E-state index contributed by atoms with van der Waals surface area (Å²) in [4.78, 5) is 19.5. The Morgan fingerprint density at radius 1 is 1.22 bits per heavy atom. The summed E-state index contributed by atoms with van der Waals surface area (Å²) in [6.07, 6.45) is 3.60. The number of aliphatic hydroxyl groups excluding tert-OH is 1. The van der Waals surface area contributed by atoms with Crippen LogP contribution in [0.2, 0.25) is 0 Å². The summed E-state index contributed by atoms with van der Waals surface area (Å²) in [7, 11) is 1.54. The van der Waals surface area contributed by atoms with Gasteiger partial charge in [-0.3, -0.25) is 15.0 Å². The molecule has 1 aromatic heterocycles.